The largest absolute Gasteiger partial charge is 0.481 e. The molecule has 8 N–H and O–H groups in total. The number of carbonyl (C=O) groups is 1. The summed E-state index contributed by atoms with van der Waals surface area (Å²) >= 11 is 0. The van der Waals surface area contributed by atoms with Gasteiger partial charge in [-0.3, -0.25) is 10.2 Å². The van der Waals surface area contributed by atoms with Crippen LogP contribution in [0.25, 0.3) is 0 Å². The van der Waals surface area contributed by atoms with Crippen molar-refractivity contribution < 1.29 is 9.90 Å². The van der Waals surface area contributed by atoms with Crippen molar-refractivity contribution in [1.29, 1.82) is 5.41 Å². The Kier molecular flexibility index (Phi) is 6.54. The van der Waals surface area contributed by atoms with Crippen LogP contribution in [0.5, 0.6) is 0 Å². The molecule has 0 amide bonds. The topological polar surface area (TPSA) is 152 Å². The van der Waals surface area contributed by atoms with E-state index < -0.39 is 17.9 Å². The fourth-order valence-corrected chi connectivity index (χ4v) is 3.24. The summed E-state index contributed by atoms with van der Waals surface area (Å²) in [5.74, 6) is -1.75. The van der Waals surface area contributed by atoms with Gasteiger partial charge in [0.1, 0.15) is 5.84 Å². The highest BCUT2D eigenvalue weighted by molar-refractivity contribution is 5.95. The number of guanidine groups is 1. The van der Waals surface area contributed by atoms with E-state index in [1.54, 1.807) is 18.2 Å². The monoisotopic (exact) mass is 367 g/mol. The Bertz CT molecular complexity index is 831. The number of aliphatic carboxylic acids is 1. The van der Waals surface area contributed by atoms with Gasteiger partial charge in [0, 0.05) is 17.4 Å². The van der Waals surface area contributed by atoms with Gasteiger partial charge < -0.3 is 22.3 Å². The van der Waals surface area contributed by atoms with Crippen LogP contribution in [0.2, 0.25) is 0 Å². The molecule has 0 fully saturated rings. The molecule has 0 aromatic heterocycles. The van der Waals surface area contributed by atoms with Gasteiger partial charge >= 0.3 is 5.97 Å². The molecule has 3 unspecified atom stereocenters. The Hall–Kier alpha value is -3.35. The van der Waals surface area contributed by atoms with Crippen molar-refractivity contribution >= 4 is 17.8 Å². The first-order valence-electron chi connectivity index (χ1n) is 8.59. The van der Waals surface area contributed by atoms with Gasteiger partial charge in [0.25, 0.3) is 0 Å². The Labute approximate surface area is 158 Å². The van der Waals surface area contributed by atoms with Crippen LogP contribution in [0.4, 0.5) is 0 Å². The van der Waals surface area contributed by atoms with Crippen molar-refractivity contribution in [3.63, 3.8) is 0 Å². The van der Waals surface area contributed by atoms with Crippen LogP contribution in [0, 0.1) is 5.41 Å². The third-order valence-corrected chi connectivity index (χ3v) is 4.57. The fourth-order valence-electron chi connectivity index (χ4n) is 3.24. The predicted molar refractivity (Wildman–Crippen MR) is 107 cm³/mol. The molecule has 0 bridgehead atoms. The van der Waals surface area contributed by atoms with E-state index >= 15 is 0 Å². The number of carboxylic acids is 1. The number of hydrogen-bond acceptors (Lipinski definition) is 3. The lowest BCUT2D eigenvalue weighted by atomic mass is 9.79. The van der Waals surface area contributed by atoms with Crippen molar-refractivity contribution in [1.82, 2.24) is 0 Å². The van der Waals surface area contributed by atoms with Crippen LogP contribution >= 0.6 is 0 Å². The third-order valence-electron chi connectivity index (χ3n) is 4.57. The second-order valence-corrected chi connectivity index (χ2v) is 6.49. The average Bonchev–Trinajstić information content (AvgIpc) is 2.64. The van der Waals surface area contributed by atoms with Crippen molar-refractivity contribution in [2.75, 3.05) is 0 Å². The summed E-state index contributed by atoms with van der Waals surface area (Å²) in [7, 11) is 0. The molecule has 0 aliphatic carbocycles. The Morgan fingerprint density at radius 3 is 2.26 bits per heavy atom. The lowest BCUT2D eigenvalue weighted by molar-refractivity contribution is -0.137. The van der Waals surface area contributed by atoms with Crippen LogP contribution in [-0.2, 0) is 4.79 Å². The molecule has 7 nitrogen and oxygen atoms in total. The Morgan fingerprint density at radius 2 is 1.70 bits per heavy atom. The highest BCUT2D eigenvalue weighted by Gasteiger charge is 2.31. The van der Waals surface area contributed by atoms with E-state index in [0.717, 1.165) is 11.1 Å². The summed E-state index contributed by atoms with van der Waals surface area (Å²) < 4.78 is 0. The molecule has 0 heterocycles. The molecule has 0 spiro atoms. The summed E-state index contributed by atoms with van der Waals surface area (Å²) in [6.07, 6.45) is -0.153. The minimum absolute atomic E-state index is 0.0829. The number of nitrogens with zero attached hydrogens (tertiary/aromatic N) is 1. The molecule has 0 saturated heterocycles. The zero-order valence-corrected chi connectivity index (χ0v) is 15.2. The van der Waals surface area contributed by atoms with Crippen molar-refractivity contribution in [2.24, 2.45) is 22.2 Å². The van der Waals surface area contributed by atoms with Gasteiger partial charge in [-0.05, 0) is 17.2 Å². The second kappa shape index (κ2) is 8.84. The van der Waals surface area contributed by atoms with Crippen LogP contribution in [0.3, 0.4) is 0 Å². The summed E-state index contributed by atoms with van der Waals surface area (Å²) in [6, 6.07) is 16.2. The van der Waals surface area contributed by atoms with Crippen molar-refractivity contribution in [2.45, 2.75) is 31.2 Å². The van der Waals surface area contributed by atoms with E-state index in [1.165, 1.54) is 0 Å². The molecule has 2 aromatic rings. The Balaban J connectivity index is 2.54. The number of nitrogens with one attached hydrogen (secondary N) is 1. The number of carboxylic acid groups (broad SMARTS) is 1. The highest BCUT2D eigenvalue weighted by atomic mass is 16.4. The molecule has 2 aromatic carbocycles. The number of amidine groups is 1. The number of rotatable bonds is 8. The lowest BCUT2D eigenvalue weighted by Crippen LogP contribution is -2.32. The maximum atomic E-state index is 11.6. The highest BCUT2D eigenvalue weighted by Crippen LogP contribution is 2.35. The summed E-state index contributed by atoms with van der Waals surface area (Å²) in [5, 5.41) is 17.1. The molecular weight excluding hydrogens is 342 g/mol. The SMILES string of the molecule is CC(c1ccccc1)C(N=C(N)N)C(CC(=O)O)c1cccc(C(=N)N)c1. The zero-order chi connectivity index (χ0) is 20.0. The van der Waals surface area contributed by atoms with E-state index in [9.17, 15) is 9.90 Å². The second-order valence-electron chi connectivity index (χ2n) is 6.49. The van der Waals surface area contributed by atoms with Crippen molar-refractivity contribution in [3.05, 3.63) is 71.3 Å². The number of nitrogen functional groups attached to an aromatic ring is 1. The smallest absolute Gasteiger partial charge is 0.304 e. The van der Waals surface area contributed by atoms with Gasteiger partial charge in [-0.25, -0.2) is 4.99 Å². The lowest BCUT2D eigenvalue weighted by Gasteiger charge is -2.29. The number of hydrogen-bond donors (Lipinski definition) is 5. The number of benzene rings is 2. The van der Waals surface area contributed by atoms with Crippen LogP contribution in [0.1, 0.15) is 41.9 Å². The normalized spacial score (nSPS) is 14.0. The Morgan fingerprint density at radius 1 is 1.07 bits per heavy atom. The predicted octanol–water partition coefficient (Wildman–Crippen LogP) is 1.97. The number of aliphatic imine (C=N–C) groups is 1. The minimum Gasteiger partial charge on any atom is -0.481 e. The first-order valence-corrected chi connectivity index (χ1v) is 8.59. The standard InChI is InChI=1S/C20H25N5O2/c1-12(13-6-3-2-4-7-13)18(25-20(23)24)16(11-17(26)27)14-8-5-9-15(10-14)19(21)22/h2-10,12,16,18H,11H2,1H3,(H3,21,22)(H,26,27)(H4,23,24,25). The maximum Gasteiger partial charge on any atom is 0.304 e. The van der Waals surface area contributed by atoms with E-state index in [0.29, 0.717) is 5.56 Å². The fraction of sp³-hybridized carbons (Fsp3) is 0.250. The quantitative estimate of drug-likeness (QED) is 0.357. The minimum atomic E-state index is -0.954. The first-order chi connectivity index (χ1) is 12.8. The van der Waals surface area contributed by atoms with Crippen molar-refractivity contribution in [3.8, 4) is 0 Å². The van der Waals surface area contributed by atoms with Gasteiger partial charge in [0.05, 0.1) is 12.5 Å². The van der Waals surface area contributed by atoms with Gasteiger partial charge in [0.2, 0.25) is 0 Å². The number of nitrogens with two attached hydrogens (primary N) is 3. The molecule has 0 saturated carbocycles. The molecule has 0 aliphatic rings. The average molecular weight is 367 g/mol. The van der Waals surface area contributed by atoms with Gasteiger partial charge in [-0.2, -0.15) is 0 Å². The van der Waals surface area contributed by atoms with Crippen LogP contribution < -0.4 is 17.2 Å². The van der Waals surface area contributed by atoms with E-state index in [1.807, 2.05) is 43.3 Å². The van der Waals surface area contributed by atoms with Crippen LogP contribution in [0.15, 0.2) is 59.6 Å². The van der Waals surface area contributed by atoms with E-state index in [4.69, 9.17) is 22.6 Å². The maximum absolute atomic E-state index is 11.6. The molecule has 3 atom stereocenters. The van der Waals surface area contributed by atoms with Gasteiger partial charge in [-0.1, -0.05) is 55.5 Å². The first kappa shape index (κ1) is 20.0. The van der Waals surface area contributed by atoms with E-state index in [-0.39, 0.29) is 24.1 Å². The van der Waals surface area contributed by atoms with Gasteiger partial charge in [-0.15, -0.1) is 0 Å². The third kappa shape index (κ3) is 5.31. The molecular formula is C20H25N5O2. The summed E-state index contributed by atoms with van der Waals surface area (Å²) in [4.78, 5) is 16.0. The molecule has 0 radical (unpaired) electrons. The van der Waals surface area contributed by atoms with Crippen LogP contribution in [-0.4, -0.2) is 28.9 Å². The molecule has 0 aliphatic heterocycles. The van der Waals surface area contributed by atoms with Gasteiger partial charge in [0.15, 0.2) is 5.96 Å². The zero-order valence-electron chi connectivity index (χ0n) is 15.2. The summed E-state index contributed by atoms with van der Waals surface area (Å²) in [5.41, 5.74) is 19.2. The van der Waals surface area contributed by atoms with E-state index in [2.05, 4.69) is 4.99 Å². The molecule has 2 rings (SSSR count). The molecule has 142 valence electrons. The molecule has 27 heavy (non-hydrogen) atoms. The molecule has 7 heteroatoms. The summed E-state index contributed by atoms with van der Waals surface area (Å²) in [6.45, 7) is 1.97.